The van der Waals surface area contributed by atoms with Crippen molar-refractivity contribution in [2.24, 2.45) is 0 Å². The van der Waals surface area contributed by atoms with Crippen molar-refractivity contribution < 1.29 is 4.74 Å². The Hall–Kier alpha value is -0.0800. The van der Waals surface area contributed by atoms with E-state index < -0.39 is 0 Å². The first-order valence-corrected chi connectivity index (χ1v) is 2.57. The van der Waals surface area contributed by atoms with Gasteiger partial charge in [0.2, 0.25) is 0 Å². The number of rotatable bonds is 1. The summed E-state index contributed by atoms with van der Waals surface area (Å²) in [5.41, 5.74) is 0. The lowest BCUT2D eigenvalue weighted by atomic mass is 10.4. The highest BCUT2D eigenvalue weighted by Gasteiger charge is 2.09. The van der Waals surface area contributed by atoms with E-state index >= 15 is 0 Å². The first kappa shape index (κ1) is 5.06. The maximum atomic E-state index is 5.13. The van der Waals surface area contributed by atoms with Crippen molar-refractivity contribution in [3.05, 3.63) is 6.92 Å². The quantitative estimate of drug-likeness (QED) is 0.506. The third kappa shape index (κ3) is 1.14. The minimum atomic E-state index is 0.236. The van der Waals surface area contributed by atoms with E-state index in [4.69, 9.17) is 4.74 Å². The summed E-state index contributed by atoms with van der Waals surface area (Å²) in [6, 6.07) is 0. The van der Waals surface area contributed by atoms with Gasteiger partial charge in [-0.3, -0.25) is 5.32 Å². The molecule has 1 rings (SSSR count). The zero-order valence-electron chi connectivity index (χ0n) is 4.31. The van der Waals surface area contributed by atoms with Gasteiger partial charge in [0.25, 0.3) is 0 Å². The van der Waals surface area contributed by atoms with Crippen LogP contribution in [0.5, 0.6) is 0 Å². The van der Waals surface area contributed by atoms with Gasteiger partial charge in [-0.2, -0.15) is 0 Å². The lowest BCUT2D eigenvalue weighted by Gasteiger charge is -2.02. The number of hydrogen-bond donors (Lipinski definition) is 1. The fraction of sp³-hybridized carbons (Fsp3) is 0.800. The first-order chi connectivity index (χ1) is 3.43. The molecule has 2 heteroatoms. The Balaban J connectivity index is 2.14. The highest BCUT2D eigenvalue weighted by Crippen LogP contribution is 1.96. The van der Waals surface area contributed by atoms with Gasteiger partial charge in [0.05, 0.1) is 6.61 Å². The zero-order chi connectivity index (χ0) is 5.11. The molecule has 1 aliphatic rings. The van der Waals surface area contributed by atoms with Crippen LogP contribution in [0.1, 0.15) is 6.42 Å². The van der Waals surface area contributed by atoms with E-state index in [-0.39, 0.29) is 6.23 Å². The molecule has 1 heterocycles. The molecule has 2 nitrogen and oxygen atoms in total. The number of ether oxygens (including phenoxy) is 1. The zero-order valence-corrected chi connectivity index (χ0v) is 4.31. The molecule has 0 amide bonds. The minimum absolute atomic E-state index is 0.236. The maximum Gasteiger partial charge on any atom is 0.108 e. The van der Waals surface area contributed by atoms with Gasteiger partial charge in [0, 0.05) is 6.54 Å². The van der Waals surface area contributed by atoms with Crippen molar-refractivity contribution in [3.63, 3.8) is 0 Å². The van der Waals surface area contributed by atoms with Crippen LogP contribution in [0.15, 0.2) is 0 Å². The second kappa shape index (κ2) is 2.28. The lowest BCUT2D eigenvalue weighted by Crippen LogP contribution is -2.20. The molecule has 1 N–H and O–H groups in total. The van der Waals surface area contributed by atoms with Gasteiger partial charge in [-0.25, -0.2) is 0 Å². The normalized spacial score (nSPS) is 31.3. The largest absolute Gasteiger partial charge is 0.362 e. The van der Waals surface area contributed by atoms with Crippen LogP contribution < -0.4 is 5.32 Å². The average molecular weight is 100 g/mol. The van der Waals surface area contributed by atoms with Crippen LogP contribution in [-0.4, -0.2) is 19.4 Å². The molecule has 0 aromatic heterocycles. The molecular weight excluding hydrogens is 90.1 g/mol. The van der Waals surface area contributed by atoms with Crippen LogP contribution in [0.4, 0.5) is 0 Å². The van der Waals surface area contributed by atoms with Gasteiger partial charge in [0.1, 0.15) is 6.23 Å². The fourth-order valence-electron chi connectivity index (χ4n) is 0.665. The lowest BCUT2D eigenvalue weighted by molar-refractivity contribution is 0.103. The van der Waals surface area contributed by atoms with Gasteiger partial charge in [0.15, 0.2) is 0 Å². The van der Waals surface area contributed by atoms with Crippen molar-refractivity contribution >= 4 is 0 Å². The fourth-order valence-corrected chi connectivity index (χ4v) is 0.665. The molecule has 0 spiro atoms. The molecule has 0 bridgehead atoms. The van der Waals surface area contributed by atoms with E-state index in [0.717, 1.165) is 19.6 Å². The number of nitrogens with one attached hydrogen (secondary N) is 1. The second-order valence-corrected chi connectivity index (χ2v) is 1.60. The Kier molecular flexibility index (Phi) is 1.65. The highest BCUT2D eigenvalue weighted by molar-refractivity contribution is 4.62. The molecular formula is C5H10NO. The smallest absolute Gasteiger partial charge is 0.108 e. The summed E-state index contributed by atoms with van der Waals surface area (Å²) in [6.07, 6.45) is 1.07. The molecule has 0 saturated carbocycles. The molecule has 1 aliphatic heterocycles. The van der Waals surface area contributed by atoms with E-state index in [9.17, 15) is 0 Å². The monoisotopic (exact) mass is 100 g/mol. The molecule has 0 aliphatic carbocycles. The Morgan fingerprint density at radius 3 is 3.00 bits per heavy atom. The van der Waals surface area contributed by atoms with Crippen LogP contribution in [-0.2, 0) is 4.74 Å². The summed E-state index contributed by atoms with van der Waals surface area (Å²) in [5, 5.41) is 3.12. The van der Waals surface area contributed by atoms with E-state index in [2.05, 4.69) is 12.2 Å². The summed E-state index contributed by atoms with van der Waals surface area (Å²) >= 11 is 0. The standard InChI is InChI=1S/C5H10NO/c1-2-5-6-3-4-7-5/h5-6H,1-4H2. The van der Waals surface area contributed by atoms with Gasteiger partial charge >= 0.3 is 0 Å². The minimum Gasteiger partial charge on any atom is -0.362 e. The molecule has 1 radical (unpaired) electrons. The van der Waals surface area contributed by atoms with E-state index in [1.165, 1.54) is 0 Å². The average Bonchev–Trinajstić information content (AvgIpc) is 2.14. The molecule has 1 saturated heterocycles. The van der Waals surface area contributed by atoms with Crippen molar-refractivity contribution in [2.75, 3.05) is 13.2 Å². The van der Waals surface area contributed by atoms with Gasteiger partial charge in [-0.15, -0.1) is 0 Å². The van der Waals surface area contributed by atoms with Crippen LogP contribution in [0.2, 0.25) is 0 Å². The maximum absolute atomic E-state index is 5.13. The highest BCUT2D eigenvalue weighted by atomic mass is 16.5. The number of hydrogen-bond acceptors (Lipinski definition) is 2. The predicted octanol–water partition coefficient (Wildman–Crippen LogP) is 0.156. The molecule has 1 unspecified atom stereocenters. The van der Waals surface area contributed by atoms with Gasteiger partial charge in [-0.05, 0) is 13.3 Å². The topological polar surface area (TPSA) is 21.3 Å². The summed E-state index contributed by atoms with van der Waals surface area (Å²) in [5.74, 6) is 0. The molecule has 41 valence electrons. The van der Waals surface area contributed by atoms with E-state index in [1.54, 1.807) is 0 Å². The molecule has 1 fully saturated rings. The Labute approximate surface area is 43.9 Å². The SMILES string of the molecule is [CH2]CC1NCCO1. The van der Waals surface area contributed by atoms with Gasteiger partial charge in [-0.1, -0.05) is 0 Å². The van der Waals surface area contributed by atoms with E-state index in [0.29, 0.717) is 0 Å². The predicted molar refractivity (Wildman–Crippen MR) is 27.7 cm³/mol. The van der Waals surface area contributed by atoms with Crippen LogP contribution in [0.25, 0.3) is 0 Å². The third-order valence-corrected chi connectivity index (χ3v) is 1.06. The molecule has 7 heavy (non-hydrogen) atoms. The van der Waals surface area contributed by atoms with Crippen LogP contribution >= 0.6 is 0 Å². The van der Waals surface area contributed by atoms with Crippen LogP contribution in [0, 0.1) is 6.92 Å². The van der Waals surface area contributed by atoms with Gasteiger partial charge < -0.3 is 4.74 Å². The molecule has 0 aromatic rings. The van der Waals surface area contributed by atoms with Crippen LogP contribution in [0.3, 0.4) is 0 Å². The molecule has 0 aromatic carbocycles. The van der Waals surface area contributed by atoms with Crippen molar-refractivity contribution in [1.29, 1.82) is 0 Å². The Morgan fingerprint density at radius 1 is 1.86 bits per heavy atom. The Bertz CT molecular complexity index is 50.0. The van der Waals surface area contributed by atoms with Crippen molar-refractivity contribution in [1.82, 2.24) is 5.32 Å². The summed E-state index contributed by atoms with van der Waals surface area (Å²) in [4.78, 5) is 0. The van der Waals surface area contributed by atoms with Crippen molar-refractivity contribution in [2.45, 2.75) is 12.6 Å². The summed E-state index contributed by atoms with van der Waals surface area (Å²) in [7, 11) is 0. The van der Waals surface area contributed by atoms with E-state index in [1.807, 2.05) is 0 Å². The summed E-state index contributed by atoms with van der Waals surface area (Å²) < 4.78 is 5.13. The Morgan fingerprint density at radius 2 is 2.71 bits per heavy atom. The first-order valence-electron chi connectivity index (χ1n) is 2.57. The second-order valence-electron chi connectivity index (χ2n) is 1.60. The van der Waals surface area contributed by atoms with Crippen molar-refractivity contribution in [3.8, 4) is 0 Å². The third-order valence-electron chi connectivity index (χ3n) is 1.06. The summed E-state index contributed by atoms with van der Waals surface area (Å²) in [6.45, 7) is 5.51. The molecule has 1 atom stereocenters.